The SMILES string of the molecule is CC(CCNCc1nc2ccccc2s1)CCC(=O)O. The summed E-state index contributed by atoms with van der Waals surface area (Å²) in [6, 6.07) is 8.15. The summed E-state index contributed by atoms with van der Waals surface area (Å²) in [6.45, 7) is 3.78. The molecule has 0 saturated heterocycles. The van der Waals surface area contributed by atoms with Gasteiger partial charge in [0.2, 0.25) is 0 Å². The van der Waals surface area contributed by atoms with Crippen molar-refractivity contribution < 1.29 is 9.90 Å². The molecule has 0 amide bonds. The lowest BCUT2D eigenvalue weighted by molar-refractivity contribution is -0.137. The predicted octanol–water partition coefficient (Wildman–Crippen LogP) is 3.28. The molecule has 0 aliphatic heterocycles. The lowest BCUT2D eigenvalue weighted by Crippen LogP contribution is -2.17. The lowest BCUT2D eigenvalue weighted by Gasteiger charge is -2.09. The van der Waals surface area contributed by atoms with Crippen molar-refractivity contribution in [3.63, 3.8) is 0 Å². The van der Waals surface area contributed by atoms with Crippen LogP contribution in [0.4, 0.5) is 0 Å². The van der Waals surface area contributed by atoms with Crippen LogP contribution in [-0.2, 0) is 11.3 Å². The van der Waals surface area contributed by atoms with Gasteiger partial charge >= 0.3 is 5.97 Å². The van der Waals surface area contributed by atoms with E-state index < -0.39 is 5.97 Å². The molecule has 0 spiro atoms. The highest BCUT2D eigenvalue weighted by molar-refractivity contribution is 7.18. The highest BCUT2D eigenvalue weighted by Gasteiger charge is 2.06. The molecule has 5 heteroatoms. The van der Waals surface area contributed by atoms with E-state index in [0.717, 1.165) is 36.5 Å². The van der Waals surface area contributed by atoms with Crippen LogP contribution >= 0.6 is 11.3 Å². The Balaban J connectivity index is 1.69. The standard InChI is InChI=1S/C15H20N2O2S/c1-11(6-7-15(18)19)8-9-16-10-14-17-12-4-2-3-5-13(12)20-14/h2-5,11,16H,6-10H2,1H3,(H,18,19). The highest BCUT2D eigenvalue weighted by atomic mass is 32.1. The summed E-state index contributed by atoms with van der Waals surface area (Å²) in [5.74, 6) is -0.270. The number of carboxylic acids is 1. The number of benzene rings is 1. The Morgan fingerprint density at radius 3 is 2.95 bits per heavy atom. The fourth-order valence-electron chi connectivity index (χ4n) is 2.05. The quantitative estimate of drug-likeness (QED) is 0.733. The first-order chi connectivity index (χ1) is 9.65. The monoisotopic (exact) mass is 292 g/mol. The van der Waals surface area contributed by atoms with Crippen molar-refractivity contribution in [1.29, 1.82) is 0 Å². The van der Waals surface area contributed by atoms with Crippen LogP contribution in [0.3, 0.4) is 0 Å². The molecule has 2 N–H and O–H groups in total. The summed E-state index contributed by atoms with van der Waals surface area (Å²) in [6.07, 6.45) is 2.01. The number of carboxylic acid groups (broad SMARTS) is 1. The van der Waals surface area contributed by atoms with Gasteiger partial charge in [-0.25, -0.2) is 4.98 Å². The normalized spacial score (nSPS) is 12.7. The number of nitrogens with one attached hydrogen (secondary N) is 1. The summed E-state index contributed by atoms with van der Waals surface area (Å²) < 4.78 is 1.22. The number of nitrogens with zero attached hydrogens (tertiary/aromatic N) is 1. The van der Waals surface area contributed by atoms with E-state index in [2.05, 4.69) is 23.3 Å². The van der Waals surface area contributed by atoms with Crippen LogP contribution in [0.15, 0.2) is 24.3 Å². The molecule has 0 saturated carbocycles. The molecule has 0 aliphatic rings. The average molecular weight is 292 g/mol. The topological polar surface area (TPSA) is 62.2 Å². The zero-order valence-corrected chi connectivity index (χ0v) is 12.4. The Kier molecular flexibility index (Phi) is 5.49. The molecule has 108 valence electrons. The zero-order chi connectivity index (χ0) is 14.4. The highest BCUT2D eigenvalue weighted by Crippen LogP contribution is 2.21. The molecule has 1 heterocycles. The van der Waals surface area contributed by atoms with Crippen molar-refractivity contribution in [2.75, 3.05) is 6.54 Å². The van der Waals surface area contributed by atoms with Crippen molar-refractivity contribution in [2.45, 2.75) is 32.7 Å². The molecule has 1 aromatic heterocycles. The van der Waals surface area contributed by atoms with E-state index in [9.17, 15) is 4.79 Å². The Morgan fingerprint density at radius 1 is 1.40 bits per heavy atom. The van der Waals surface area contributed by atoms with Gasteiger partial charge in [0, 0.05) is 13.0 Å². The summed E-state index contributed by atoms with van der Waals surface area (Å²) in [7, 11) is 0. The molecule has 2 rings (SSSR count). The van der Waals surface area contributed by atoms with Crippen LogP contribution in [0.1, 0.15) is 31.2 Å². The smallest absolute Gasteiger partial charge is 0.303 e. The number of aromatic nitrogens is 1. The maximum atomic E-state index is 10.5. The summed E-state index contributed by atoms with van der Waals surface area (Å²) >= 11 is 1.72. The predicted molar refractivity (Wildman–Crippen MR) is 82.0 cm³/mol. The van der Waals surface area contributed by atoms with E-state index in [1.54, 1.807) is 11.3 Å². The number of thiazole rings is 1. The molecule has 2 aromatic rings. The number of para-hydroxylation sites is 1. The molecule has 0 radical (unpaired) electrons. The van der Waals surface area contributed by atoms with Crippen molar-refractivity contribution in [2.24, 2.45) is 5.92 Å². The molecule has 20 heavy (non-hydrogen) atoms. The van der Waals surface area contributed by atoms with Crippen molar-refractivity contribution >= 4 is 27.5 Å². The summed E-state index contributed by atoms with van der Waals surface area (Å²) in [4.78, 5) is 15.0. The van der Waals surface area contributed by atoms with E-state index in [1.807, 2.05) is 18.2 Å². The Bertz CT molecular complexity index is 535. The number of rotatable bonds is 8. The summed E-state index contributed by atoms with van der Waals surface area (Å²) in [5.41, 5.74) is 1.06. The van der Waals surface area contributed by atoms with Crippen molar-refractivity contribution in [3.8, 4) is 0 Å². The first-order valence-corrected chi connectivity index (χ1v) is 7.74. The molecule has 0 aliphatic carbocycles. The Labute approximate surface area is 122 Å². The van der Waals surface area contributed by atoms with E-state index in [4.69, 9.17) is 5.11 Å². The van der Waals surface area contributed by atoms with E-state index in [-0.39, 0.29) is 6.42 Å². The molecule has 0 fully saturated rings. The van der Waals surface area contributed by atoms with Crippen LogP contribution in [-0.4, -0.2) is 22.6 Å². The molecule has 1 atom stereocenters. The molecule has 0 bridgehead atoms. The van der Waals surface area contributed by atoms with Crippen LogP contribution in [0.2, 0.25) is 0 Å². The van der Waals surface area contributed by atoms with Crippen LogP contribution < -0.4 is 5.32 Å². The van der Waals surface area contributed by atoms with E-state index in [1.165, 1.54) is 4.70 Å². The minimum Gasteiger partial charge on any atom is -0.481 e. The second kappa shape index (κ2) is 7.36. The number of hydrogen-bond acceptors (Lipinski definition) is 4. The second-order valence-electron chi connectivity index (χ2n) is 5.08. The van der Waals surface area contributed by atoms with Crippen molar-refractivity contribution in [1.82, 2.24) is 10.3 Å². The van der Waals surface area contributed by atoms with E-state index in [0.29, 0.717) is 5.92 Å². The van der Waals surface area contributed by atoms with Gasteiger partial charge in [0.1, 0.15) is 5.01 Å². The Morgan fingerprint density at radius 2 is 2.20 bits per heavy atom. The van der Waals surface area contributed by atoms with Gasteiger partial charge in [0.05, 0.1) is 10.2 Å². The maximum absolute atomic E-state index is 10.5. The molecular weight excluding hydrogens is 272 g/mol. The fraction of sp³-hybridized carbons (Fsp3) is 0.467. The fourth-order valence-corrected chi connectivity index (χ4v) is 2.99. The summed E-state index contributed by atoms with van der Waals surface area (Å²) in [5, 5.41) is 13.1. The number of carbonyl (C=O) groups is 1. The van der Waals surface area contributed by atoms with Gasteiger partial charge in [0.15, 0.2) is 0 Å². The largest absolute Gasteiger partial charge is 0.481 e. The van der Waals surface area contributed by atoms with Gasteiger partial charge in [-0.3, -0.25) is 4.79 Å². The van der Waals surface area contributed by atoms with Gasteiger partial charge in [0.25, 0.3) is 0 Å². The third-order valence-electron chi connectivity index (χ3n) is 3.28. The minimum atomic E-state index is -0.709. The van der Waals surface area contributed by atoms with Crippen LogP contribution in [0.25, 0.3) is 10.2 Å². The first-order valence-electron chi connectivity index (χ1n) is 6.92. The lowest BCUT2D eigenvalue weighted by atomic mass is 10.0. The van der Waals surface area contributed by atoms with Gasteiger partial charge in [-0.1, -0.05) is 19.1 Å². The van der Waals surface area contributed by atoms with Gasteiger partial charge < -0.3 is 10.4 Å². The van der Waals surface area contributed by atoms with Gasteiger partial charge in [-0.2, -0.15) is 0 Å². The van der Waals surface area contributed by atoms with Crippen molar-refractivity contribution in [3.05, 3.63) is 29.3 Å². The maximum Gasteiger partial charge on any atom is 0.303 e. The Hall–Kier alpha value is -1.46. The number of hydrogen-bond donors (Lipinski definition) is 2. The molecule has 1 aromatic carbocycles. The van der Waals surface area contributed by atoms with Gasteiger partial charge in [-0.15, -0.1) is 11.3 Å². The van der Waals surface area contributed by atoms with Crippen LogP contribution in [0, 0.1) is 5.92 Å². The number of aliphatic carboxylic acids is 1. The van der Waals surface area contributed by atoms with E-state index >= 15 is 0 Å². The van der Waals surface area contributed by atoms with Gasteiger partial charge in [-0.05, 0) is 37.4 Å². The first kappa shape index (κ1) is 14.9. The molecular formula is C15H20N2O2S. The number of fused-ring (bicyclic) bond motifs is 1. The van der Waals surface area contributed by atoms with Crippen LogP contribution in [0.5, 0.6) is 0 Å². The third kappa shape index (κ3) is 4.58. The second-order valence-corrected chi connectivity index (χ2v) is 6.19. The zero-order valence-electron chi connectivity index (χ0n) is 11.6. The molecule has 4 nitrogen and oxygen atoms in total. The molecule has 1 unspecified atom stereocenters. The third-order valence-corrected chi connectivity index (χ3v) is 4.32. The average Bonchev–Trinajstić information content (AvgIpc) is 2.84. The minimum absolute atomic E-state index is 0.263.